The van der Waals surface area contributed by atoms with Gasteiger partial charge in [-0.15, -0.1) is 0 Å². The van der Waals surface area contributed by atoms with Crippen LogP contribution in [0.3, 0.4) is 0 Å². The van der Waals surface area contributed by atoms with Gasteiger partial charge in [0.05, 0.1) is 6.10 Å². The van der Waals surface area contributed by atoms with Gasteiger partial charge in [-0.2, -0.15) is 0 Å². The van der Waals surface area contributed by atoms with Crippen molar-refractivity contribution < 1.29 is 14.3 Å². The minimum atomic E-state index is -0.232. The molecule has 0 aromatic heterocycles. The van der Waals surface area contributed by atoms with Gasteiger partial charge in [0.15, 0.2) is 6.29 Å². The summed E-state index contributed by atoms with van der Waals surface area (Å²) in [6, 6.07) is 0. The molecule has 0 aromatic carbocycles. The molecule has 3 rings (SSSR count). The van der Waals surface area contributed by atoms with Gasteiger partial charge in [-0.3, -0.25) is 4.79 Å². The van der Waals surface area contributed by atoms with Crippen molar-refractivity contribution in [2.24, 2.45) is 23.2 Å². The lowest BCUT2D eigenvalue weighted by molar-refractivity contribution is -0.142. The van der Waals surface area contributed by atoms with Gasteiger partial charge < -0.3 is 9.47 Å². The van der Waals surface area contributed by atoms with Crippen LogP contribution in [0.4, 0.5) is 0 Å². The number of hydrogen-bond acceptors (Lipinski definition) is 3. The molecule has 2 fully saturated rings. The second kappa shape index (κ2) is 4.42. The van der Waals surface area contributed by atoms with E-state index in [4.69, 9.17) is 9.47 Å². The lowest BCUT2D eigenvalue weighted by Crippen LogP contribution is -2.28. The van der Waals surface area contributed by atoms with E-state index in [9.17, 15) is 4.79 Å². The van der Waals surface area contributed by atoms with Crippen LogP contribution in [-0.2, 0) is 14.3 Å². The van der Waals surface area contributed by atoms with Crippen LogP contribution in [0.2, 0.25) is 0 Å². The summed E-state index contributed by atoms with van der Waals surface area (Å²) in [7, 11) is 1.68. The van der Waals surface area contributed by atoms with Crippen molar-refractivity contribution in [3.05, 3.63) is 11.1 Å². The Morgan fingerprint density at radius 3 is 2.74 bits per heavy atom. The third-order valence-electron chi connectivity index (χ3n) is 5.36. The number of fused-ring (bicyclic) bond motifs is 3. The van der Waals surface area contributed by atoms with Crippen molar-refractivity contribution in [2.75, 3.05) is 7.11 Å². The van der Waals surface area contributed by atoms with Crippen LogP contribution in [-0.4, -0.2) is 25.8 Å². The van der Waals surface area contributed by atoms with Gasteiger partial charge in [-0.05, 0) is 42.1 Å². The topological polar surface area (TPSA) is 35.5 Å². The zero-order valence-corrected chi connectivity index (χ0v) is 12.3. The Morgan fingerprint density at radius 2 is 2.11 bits per heavy atom. The number of carbonyl (C=O) groups excluding carboxylic acids is 1. The van der Waals surface area contributed by atoms with Crippen molar-refractivity contribution in [3.63, 3.8) is 0 Å². The molecule has 3 heteroatoms. The second-order valence-electron chi connectivity index (χ2n) is 7.23. The first-order chi connectivity index (χ1) is 8.96. The van der Waals surface area contributed by atoms with Gasteiger partial charge in [-0.25, -0.2) is 0 Å². The van der Waals surface area contributed by atoms with Crippen molar-refractivity contribution in [3.8, 4) is 0 Å². The van der Waals surface area contributed by atoms with E-state index in [0.29, 0.717) is 17.3 Å². The summed E-state index contributed by atoms with van der Waals surface area (Å²) in [5.74, 6) is 1.14. The van der Waals surface area contributed by atoms with Crippen molar-refractivity contribution in [2.45, 2.75) is 52.4 Å². The average Bonchev–Trinajstić information content (AvgIpc) is 2.88. The number of aldehydes is 1. The predicted octanol–water partition coefficient (Wildman–Crippen LogP) is 2.95. The van der Waals surface area contributed by atoms with Gasteiger partial charge in [0.25, 0.3) is 0 Å². The predicted molar refractivity (Wildman–Crippen MR) is 72.5 cm³/mol. The molecule has 5 atom stereocenters. The molecule has 1 saturated heterocycles. The van der Waals surface area contributed by atoms with Crippen molar-refractivity contribution >= 4 is 6.29 Å². The first-order valence-corrected chi connectivity index (χ1v) is 7.33. The summed E-state index contributed by atoms with van der Waals surface area (Å²) >= 11 is 0. The molecule has 2 bridgehead atoms. The maximum absolute atomic E-state index is 11.7. The van der Waals surface area contributed by atoms with Gasteiger partial charge in [0.2, 0.25) is 0 Å². The average molecular weight is 264 g/mol. The molecule has 0 aromatic rings. The highest BCUT2D eigenvalue weighted by atomic mass is 16.7. The van der Waals surface area contributed by atoms with Crippen LogP contribution in [0, 0.1) is 23.2 Å². The van der Waals surface area contributed by atoms with E-state index in [2.05, 4.69) is 20.8 Å². The smallest absolute Gasteiger partial charge is 0.164 e. The third-order valence-corrected chi connectivity index (χ3v) is 5.36. The van der Waals surface area contributed by atoms with Gasteiger partial charge in [0.1, 0.15) is 6.29 Å². The normalized spacial score (nSPS) is 44.1. The molecule has 1 heterocycles. The molecule has 19 heavy (non-hydrogen) atoms. The number of rotatable bonds is 2. The molecule has 0 spiro atoms. The fraction of sp³-hybridized carbons (Fsp3) is 0.812. The van der Waals surface area contributed by atoms with Crippen molar-refractivity contribution in [1.29, 1.82) is 0 Å². The Hall–Kier alpha value is -0.670. The molecule has 106 valence electrons. The summed E-state index contributed by atoms with van der Waals surface area (Å²) in [5, 5.41) is 0. The van der Waals surface area contributed by atoms with E-state index in [1.807, 2.05) is 0 Å². The molecule has 5 unspecified atom stereocenters. The Morgan fingerprint density at radius 1 is 1.37 bits per heavy atom. The van der Waals surface area contributed by atoms with Crippen LogP contribution in [0.1, 0.15) is 40.0 Å². The Labute approximate surface area is 115 Å². The van der Waals surface area contributed by atoms with Gasteiger partial charge in [0, 0.05) is 13.0 Å². The summed E-state index contributed by atoms with van der Waals surface area (Å²) < 4.78 is 11.5. The number of allylic oxidation sites excluding steroid dienone is 1. The molecule has 1 aliphatic heterocycles. The molecule has 3 nitrogen and oxygen atoms in total. The minimum Gasteiger partial charge on any atom is -0.355 e. The largest absolute Gasteiger partial charge is 0.355 e. The maximum atomic E-state index is 11.7. The lowest BCUT2D eigenvalue weighted by atomic mass is 9.83. The monoisotopic (exact) mass is 264 g/mol. The Kier molecular flexibility index (Phi) is 3.10. The highest BCUT2D eigenvalue weighted by Gasteiger charge is 2.50. The number of hydrogen-bond donors (Lipinski definition) is 0. The molecule has 2 aliphatic carbocycles. The number of methoxy groups -OCH3 is 1. The molecule has 0 radical (unpaired) electrons. The quantitative estimate of drug-likeness (QED) is 0.719. The Bertz CT molecular complexity index is 424. The Balaban J connectivity index is 2.07. The number of ether oxygens (including phenoxy) is 2. The SMILES string of the molecule is COC1OC2CC1C(C=O)=C1CC(C)(C)CC1C2C. The second-order valence-corrected chi connectivity index (χ2v) is 7.23. The summed E-state index contributed by atoms with van der Waals surface area (Å²) in [5.41, 5.74) is 2.68. The fourth-order valence-electron chi connectivity index (χ4n) is 4.43. The standard InChI is InChI=1S/C16H24O3/c1-9-11-6-16(2,3)7-12(11)13(8-17)10-5-14(9)19-15(10)18-4/h8-11,14-15H,5-7H2,1-4H3. The summed E-state index contributed by atoms with van der Waals surface area (Å²) in [6.07, 6.45) is 4.24. The van der Waals surface area contributed by atoms with Gasteiger partial charge >= 0.3 is 0 Å². The first-order valence-electron chi connectivity index (χ1n) is 7.33. The number of carbonyl (C=O) groups is 1. The van der Waals surface area contributed by atoms with Gasteiger partial charge in [-0.1, -0.05) is 26.3 Å². The van der Waals surface area contributed by atoms with E-state index in [-0.39, 0.29) is 18.3 Å². The lowest BCUT2D eigenvalue weighted by Gasteiger charge is -2.28. The highest BCUT2D eigenvalue weighted by molar-refractivity contribution is 5.76. The minimum absolute atomic E-state index is 0.142. The first kappa shape index (κ1) is 13.3. The summed E-state index contributed by atoms with van der Waals surface area (Å²) in [6.45, 7) is 6.89. The molecule has 0 amide bonds. The molecular weight excluding hydrogens is 240 g/mol. The van der Waals surface area contributed by atoms with E-state index >= 15 is 0 Å². The van der Waals surface area contributed by atoms with Crippen LogP contribution >= 0.6 is 0 Å². The zero-order chi connectivity index (χ0) is 13.8. The fourth-order valence-corrected chi connectivity index (χ4v) is 4.43. The highest BCUT2D eigenvalue weighted by Crippen LogP contribution is 2.55. The summed E-state index contributed by atoms with van der Waals surface area (Å²) in [4.78, 5) is 11.7. The van der Waals surface area contributed by atoms with E-state index < -0.39 is 0 Å². The van der Waals surface area contributed by atoms with Crippen LogP contribution < -0.4 is 0 Å². The maximum Gasteiger partial charge on any atom is 0.164 e. The van der Waals surface area contributed by atoms with Crippen LogP contribution in [0.15, 0.2) is 11.1 Å². The van der Waals surface area contributed by atoms with E-state index in [1.54, 1.807) is 7.11 Å². The van der Waals surface area contributed by atoms with Crippen LogP contribution in [0.25, 0.3) is 0 Å². The third kappa shape index (κ3) is 1.98. The van der Waals surface area contributed by atoms with Crippen molar-refractivity contribution in [1.82, 2.24) is 0 Å². The van der Waals surface area contributed by atoms with Crippen LogP contribution in [0.5, 0.6) is 0 Å². The molecule has 3 aliphatic rings. The zero-order valence-electron chi connectivity index (χ0n) is 12.3. The molecular formula is C16H24O3. The van der Waals surface area contributed by atoms with E-state index in [0.717, 1.165) is 24.7 Å². The molecule has 1 saturated carbocycles. The molecule has 0 N–H and O–H groups in total. The van der Waals surface area contributed by atoms with E-state index in [1.165, 1.54) is 12.0 Å².